The molecule has 0 radical (unpaired) electrons. The number of benzene rings is 2. The van der Waals surface area contributed by atoms with Crippen LogP contribution in [0.3, 0.4) is 0 Å². The third-order valence-corrected chi connectivity index (χ3v) is 4.76. The minimum absolute atomic E-state index is 0.00542. The van der Waals surface area contributed by atoms with Crippen molar-refractivity contribution in [1.82, 2.24) is 5.32 Å². The summed E-state index contributed by atoms with van der Waals surface area (Å²) in [4.78, 5) is 23.3. The van der Waals surface area contributed by atoms with Crippen molar-refractivity contribution in [3.8, 4) is 5.75 Å². The van der Waals surface area contributed by atoms with E-state index >= 15 is 0 Å². The van der Waals surface area contributed by atoms with Crippen LogP contribution in [0.25, 0.3) is 0 Å². The summed E-state index contributed by atoms with van der Waals surface area (Å²) < 4.78 is 5.60. The molecule has 136 valence electrons. The molecule has 1 amide bonds. The first kappa shape index (κ1) is 18.2. The van der Waals surface area contributed by atoms with E-state index in [1.165, 1.54) is 11.1 Å². The highest BCUT2D eigenvalue weighted by molar-refractivity contribution is 5.78. The molecular formula is C22H25NO3. The quantitative estimate of drug-likeness (QED) is 0.826. The van der Waals surface area contributed by atoms with Gasteiger partial charge in [-0.05, 0) is 61.4 Å². The fraction of sp³-hybridized carbons (Fsp3) is 0.364. The molecule has 0 bridgehead atoms. The zero-order chi connectivity index (χ0) is 18.4. The standard InChI is InChI=1S/C22H25NO3/c1-16(24)9-10-17-11-13-19(14-12-17)26-15-22(25)23-21-8-4-6-18-5-2-3-7-20(18)21/h2-3,5,7,11-14,21H,4,6,8-10,15H2,1H3,(H,23,25). The molecule has 0 aromatic heterocycles. The molecular weight excluding hydrogens is 326 g/mol. The van der Waals surface area contributed by atoms with E-state index < -0.39 is 0 Å². The highest BCUT2D eigenvalue weighted by Gasteiger charge is 2.21. The Morgan fingerprint density at radius 3 is 2.65 bits per heavy atom. The lowest BCUT2D eigenvalue weighted by atomic mass is 9.88. The van der Waals surface area contributed by atoms with E-state index in [0.29, 0.717) is 12.2 Å². The van der Waals surface area contributed by atoms with Crippen LogP contribution < -0.4 is 10.1 Å². The number of hydrogen-bond donors (Lipinski definition) is 1. The molecule has 1 aliphatic carbocycles. The summed E-state index contributed by atoms with van der Waals surface area (Å²) >= 11 is 0. The number of amides is 1. The van der Waals surface area contributed by atoms with Gasteiger partial charge >= 0.3 is 0 Å². The predicted octanol–water partition coefficient (Wildman–Crippen LogP) is 3.78. The smallest absolute Gasteiger partial charge is 0.258 e. The summed E-state index contributed by atoms with van der Waals surface area (Å²) in [5.74, 6) is 0.745. The van der Waals surface area contributed by atoms with Crippen molar-refractivity contribution < 1.29 is 14.3 Å². The molecule has 1 aliphatic rings. The van der Waals surface area contributed by atoms with Crippen LogP contribution >= 0.6 is 0 Å². The molecule has 0 saturated carbocycles. The molecule has 0 spiro atoms. The highest BCUT2D eigenvalue weighted by atomic mass is 16.5. The Morgan fingerprint density at radius 1 is 1.12 bits per heavy atom. The van der Waals surface area contributed by atoms with Crippen molar-refractivity contribution in [3.05, 3.63) is 65.2 Å². The van der Waals surface area contributed by atoms with Crippen molar-refractivity contribution in [3.63, 3.8) is 0 Å². The zero-order valence-electron chi connectivity index (χ0n) is 15.2. The fourth-order valence-electron chi connectivity index (χ4n) is 3.36. The average Bonchev–Trinajstić information content (AvgIpc) is 2.66. The van der Waals surface area contributed by atoms with Crippen LogP contribution in [-0.2, 0) is 22.4 Å². The van der Waals surface area contributed by atoms with E-state index in [9.17, 15) is 9.59 Å². The zero-order valence-corrected chi connectivity index (χ0v) is 15.2. The minimum Gasteiger partial charge on any atom is -0.484 e. The number of hydrogen-bond acceptors (Lipinski definition) is 3. The van der Waals surface area contributed by atoms with Gasteiger partial charge in [0.1, 0.15) is 11.5 Å². The second kappa shape index (κ2) is 8.65. The second-order valence-corrected chi connectivity index (χ2v) is 6.85. The second-order valence-electron chi connectivity index (χ2n) is 6.85. The molecule has 0 saturated heterocycles. The van der Waals surface area contributed by atoms with Crippen LogP contribution in [0.5, 0.6) is 5.75 Å². The van der Waals surface area contributed by atoms with Crippen LogP contribution in [0.4, 0.5) is 0 Å². The van der Waals surface area contributed by atoms with Gasteiger partial charge < -0.3 is 14.8 Å². The van der Waals surface area contributed by atoms with Crippen LogP contribution in [0.1, 0.15) is 48.9 Å². The third-order valence-electron chi connectivity index (χ3n) is 4.76. The minimum atomic E-state index is -0.104. The lowest BCUT2D eigenvalue weighted by Crippen LogP contribution is -2.34. The Hall–Kier alpha value is -2.62. The van der Waals surface area contributed by atoms with Gasteiger partial charge in [0.15, 0.2) is 6.61 Å². The Morgan fingerprint density at radius 2 is 1.88 bits per heavy atom. The summed E-state index contributed by atoms with van der Waals surface area (Å²) in [7, 11) is 0. The Labute approximate surface area is 154 Å². The normalized spacial score (nSPS) is 15.8. The molecule has 0 fully saturated rings. The Bertz CT molecular complexity index is 767. The number of Topliss-reactive ketones (excluding diaryl/α,β-unsaturated/α-hetero) is 1. The van der Waals surface area contributed by atoms with Gasteiger partial charge in [-0.15, -0.1) is 0 Å². The number of rotatable bonds is 7. The molecule has 4 nitrogen and oxygen atoms in total. The van der Waals surface area contributed by atoms with Gasteiger partial charge in [-0.3, -0.25) is 4.79 Å². The maximum absolute atomic E-state index is 12.3. The van der Waals surface area contributed by atoms with Gasteiger partial charge in [0.25, 0.3) is 5.91 Å². The highest BCUT2D eigenvalue weighted by Crippen LogP contribution is 2.29. The van der Waals surface area contributed by atoms with Crippen LogP contribution in [0.2, 0.25) is 0 Å². The number of aryl methyl sites for hydroxylation is 2. The number of nitrogens with one attached hydrogen (secondary N) is 1. The number of carbonyl (C=O) groups excluding carboxylic acids is 2. The molecule has 1 N–H and O–H groups in total. The molecule has 2 aromatic rings. The number of carbonyl (C=O) groups is 2. The third kappa shape index (κ3) is 4.94. The SMILES string of the molecule is CC(=O)CCc1ccc(OCC(=O)NC2CCCc3ccccc32)cc1. The van der Waals surface area contributed by atoms with Gasteiger partial charge in [-0.1, -0.05) is 36.4 Å². The molecule has 1 atom stereocenters. The van der Waals surface area contributed by atoms with Gasteiger partial charge in [0, 0.05) is 6.42 Å². The van der Waals surface area contributed by atoms with Gasteiger partial charge in [0.2, 0.25) is 0 Å². The molecule has 4 heteroatoms. The number of ketones is 1. The van der Waals surface area contributed by atoms with Gasteiger partial charge in [-0.2, -0.15) is 0 Å². The van der Waals surface area contributed by atoms with Crippen LogP contribution in [-0.4, -0.2) is 18.3 Å². The first-order chi connectivity index (χ1) is 12.6. The van der Waals surface area contributed by atoms with Crippen molar-refractivity contribution in [1.29, 1.82) is 0 Å². The van der Waals surface area contributed by atoms with Crippen molar-refractivity contribution >= 4 is 11.7 Å². The summed E-state index contributed by atoms with van der Waals surface area (Å²) in [5, 5.41) is 3.09. The Kier molecular flexibility index (Phi) is 6.05. The summed E-state index contributed by atoms with van der Waals surface area (Å²) in [6.45, 7) is 1.60. The number of fused-ring (bicyclic) bond motifs is 1. The summed E-state index contributed by atoms with van der Waals surface area (Å²) in [6.07, 6.45) is 4.41. The van der Waals surface area contributed by atoms with Crippen molar-refractivity contribution in [2.75, 3.05) is 6.61 Å². The molecule has 3 rings (SSSR count). The lowest BCUT2D eigenvalue weighted by Gasteiger charge is -2.26. The van der Waals surface area contributed by atoms with Crippen molar-refractivity contribution in [2.24, 2.45) is 0 Å². The summed E-state index contributed by atoms with van der Waals surface area (Å²) in [6, 6.07) is 15.9. The topological polar surface area (TPSA) is 55.4 Å². The Balaban J connectivity index is 1.49. The maximum atomic E-state index is 12.3. The van der Waals surface area contributed by atoms with Crippen LogP contribution in [0.15, 0.2) is 48.5 Å². The van der Waals surface area contributed by atoms with E-state index in [1.54, 1.807) is 6.92 Å². The molecule has 0 aliphatic heterocycles. The first-order valence-electron chi connectivity index (χ1n) is 9.20. The number of ether oxygens (including phenoxy) is 1. The van der Waals surface area contributed by atoms with Crippen LogP contribution in [0, 0.1) is 0 Å². The lowest BCUT2D eigenvalue weighted by molar-refractivity contribution is -0.124. The molecule has 26 heavy (non-hydrogen) atoms. The van der Waals surface area contributed by atoms with E-state index in [4.69, 9.17) is 4.74 Å². The largest absolute Gasteiger partial charge is 0.484 e. The van der Waals surface area contributed by atoms with E-state index in [0.717, 1.165) is 31.2 Å². The first-order valence-corrected chi connectivity index (χ1v) is 9.20. The average molecular weight is 351 g/mol. The van der Waals surface area contributed by atoms with E-state index in [1.807, 2.05) is 36.4 Å². The van der Waals surface area contributed by atoms with Gasteiger partial charge in [0.05, 0.1) is 6.04 Å². The van der Waals surface area contributed by atoms with Gasteiger partial charge in [-0.25, -0.2) is 0 Å². The van der Waals surface area contributed by atoms with E-state index in [2.05, 4.69) is 17.4 Å². The van der Waals surface area contributed by atoms with E-state index in [-0.39, 0.29) is 24.3 Å². The van der Waals surface area contributed by atoms with Crippen molar-refractivity contribution in [2.45, 2.75) is 45.1 Å². The summed E-state index contributed by atoms with van der Waals surface area (Å²) in [5.41, 5.74) is 3.64. The monoisotopic (exact) mass is 351 g/mol. The molecule has 2 aromatic carbocycles. The fourth-order valence-corrected chi connectivity index (χ4v) is 3.36. The maximum Gasteiger partial charge on any atom is 0.258 e. The molecule has 1 unspecified atom stereocenters. The predicted molar refractivity (Wildman–Crippen MR) is 101 cm³/mol. The molecule has 0 heterocycles.